The standard InChI is InChI=1S/C21H29FN4O3/c22-16-3-1-4-17(15-16)23-21(28)25-11-9-24(10-12-25)19-5-2-8-26(20(19)27)18-6-13-29-14-7-18/h1,3-4,15,18-19H,2,5-14H2,(H,23,28). The third-order valence-corrected chi connectivity index (χ3v) is 6.19. The lowest BCUT2D eigenvalue weighted by atomic mass is 9.97. The molecule has 1 unspecified atom stereocenters. The summed E-state index contributed by atoms with van der Waals surface area (Å²) in [5.41, 5.74) is 0.451. The van der Waals surface area contributed by atoms with Gasteiger partial charge in [0.05, 0.1) is 6.04 Å². The summed E-state index contributed by atoms with van der Waals surface area (Å²) < 4.78 is 18.7. The molecule has 1 aromatic carbocycles. The first-order chi connectivity index (χ1) is 14.1. The Hall–Kier alpha value is -2.19. The highest BCUT2D eigenvalue weighted by Crippen LogP contribution is 2.24. The van der Waals surface area contributed by atoms with E-state index in [1.807, 2.05) is 0 Å². The maximum Gasteiger partial charge on any atom is 0.321 e. The van der Waals surface area contributed by atoms with Gasteiger partial charge in [-0.25, -0.2) is 9.18 Å². The summed E-state index contributed by atoms with van der Waals surface area (Å²) in [5.74, 6) is -0.140. The number of halogens is 1. The number of anilines is 1. The van der Waals surface area contributed by atoms with Crippen molar-refractivity contribution in [3.05, 3.63) is 30.1 Å². The summed E-state index contributed by atoms with van der Waals surface area (Å²) in [6, 6.07) is 5.88. The molecule has 1 atom stereocenters. The molecule has 3 amide bonds. The van der Waals surface area contributed by atoms with Crippen molar-refractivity contribution in [2.24, 2.45) is 0 Å². The Morgan fingerprint density at radius 3 is 2.55 bits per heavy atom. The Labute approximate surface area is 170 Å². The molecule has 8 heteroatoms. The normalized spacial score (nSPS) is 24.6. The van der Waals surface area contributed by atoms with Gasteiger partial charge in [-0.05, 0) is 43.9 Å². The minimum absolute atomic E-state index is 0.0833. The number of piperazine rings is 1. The van der Waals surface area contributed by atoms with Crippen molar-refractivity contribution >= 4 is 17.6 Å². The van der Waals surface area contributed by atoms with Gasteiger partial charge >= 0.3 is 6.03 Å². The summed E-state index contributed by atoms with van der Waals surface area (Å²) in [4.78, 5) is 31.6. The molecule has 0 aromatic heterocycles. The minimum atomic E-state index is -0.377. The topological polar surface area (TPSA) is 65.1 Å². The predicted molar refractivity (Wildman–Crippen MR) is 107 cm³/mol. The number of carbonyl (C=O) groups excluding carboxylic acids is 2. The van der Waals surface area contributed by atoms with Crippen LogP contribution in [0.2, 0.25) is 0 Å². The van der Waals surface area contributed by atoms with E-state index in [2.05, 4.69) is 15.1 Å². The van der Waals surface area contributed by atoms with Crippen molar-refractivity contribution in [2.45, 2.75) is 37.8 Å². The predicted octanol–water partition coefficient (Wildman–Crippen LogP) is 2.15. The quantitative estimate of drug-likeness (QED) is 0.839. The molecule has 0 saturated carbocycles. The number of hydrogen-bond donors (Lipinski definition) is 1. The van der Waals surface area contributed by atoms with Gasteiger partial charge in [-0.1, -0.05) is 6.07 Å². The average Bonchev–Trinajstić information content (AvgIpc) is 2.75. The Bertz CT molecular complexity index is 732. The number of piperidine rings is 1. The van der Waals surface area contributed by atoms with Crippen LogP contribution in [0.1, 0.15) is 25.7 Å². The number of benzene rings is 1. The zero-order valence-corrected chi connectivity index (χ0v) is 16.7. The van der Waals surface area contributed by atoms with Gasteiger partial charge in [-0.3, -0.25) is 9.69 Å². The van der Waals surface area contributed by atoms with E-state index in [9.17, 15) is 14.0 Å². The fourth-order valence-corrected chi connectivity index (χ4v) is 4.58. The van der Waals surface area contributed by atoms with Gasteiger partial charge < -0.3 is 19.9 Å². The van der Waals surface area contributed by atoms with E-state index in [1.165, 1.54) is 12.1 Å². The molecule has 3 aliphatic heterocycles. The smallest absolute Gasteiger partial charge is 0.321 e. The molecular weight excluding hydrogens is 375 g/mol. The highest BCUT2D eigenvalue weighted by Gasteiger charge is 2.38. The lowest BCUT2D eigenvalue weighted by Crippen LogP contribution is -2.60. The third-order valence-electron chi connectivity index (χ3n) is 6.19. The van der Waals surface area contributed by atoms with Gasteiger partial charge in [0.1, 0.15) is 5.82 Å². The third kappa shape index (κ3) is 4.70. The fourth-order valence-electron chi connectivity index (χ4n) is 4.58. The number of nitrogens with one attached hydrogen (secondary N) is 1. The van der Waals surface area contributed by atoms with Crippen LogP contribution in [0.3, 0.4) is 0 Å². The minimum Gasteiger partial charge on any atom is -0.381 e. The van der Waals surface area contributed by atoms with Crippen LogP contribution in [0, 0.1) is 5.82 Å². The van der Waals surface area contributed by atoms with E-state index in [-0.39, 0.29) is 23.8 Å². The Morgan fingerprint density at radius 2 is 1.83 bits per heavy atom. The molecule has 3 heterocycles. The Balaban J connectivity index is 1.30. The molecule has 1 aromatic rings. The van der Waals surface area contributed by atoms with Crippen molar-refractivity contribution in [1.29, 1.82) is 0 Å². The molecule has 0 aliphatic carbocycles. The van der Waals surface area contributed by atoms with Crippen LogP contribution in [0.5, 0.6) is 0 Å². The molecule has 3 saturated heterocycles. The number of ether oxygens (including phenoxy) is 1. The fraction of sp³-hybridized carbons (Fsp3) is 0.619. The van der Waals surface area contributed by atoms with Crippen molar-refractivity contribution < 1.29 is 18.7 Å². The molecule has 3 fully saturated rings. The molecule has 0 bridgehead atoms. The van der Waals surface area contributed by atoms with Gasteiger partial charge in [-0.2, -0.15) is 0 Å². The molecule has 0 spiro atoms. The SMILES string of the molecule is O=C(Nc1cccc(F)c1)N1CCN(C2CCCN(C3CCOCC3)C2=O)CC1. The first-order valence-corrected chi connectivity index (χ1v) is 10.6. The van der Waals surface area contributed by atoms with Crippen LogP contribution < -0.4 is 5.32 Å². The van der Waals surface area contributed by atoms with E-state index in [4.69, 9.17) is 4.74 Å². The number of likely N-dealkylation sites (tertiary alicyclic amines) is 1. The van der Waals surface area contributed by atoms with Crippen LogP contribution in [0.15, 0.2) is 24.3 Å². The molecule has 158 valence electrons. The number of carbonyl (C=O) groups is 2. The summed E-state index contributed by atoms with van der Waals surface area (Å²) in [7, 11) is 0. The lowest BCUT2D eigenvalue weighted by molar-refractivity contribution is -0.145. The average molecular weight is 404 g/mol. The number of urea groups is 1. The summed E-state index contributed by atoms with van der Waals surface area (Å²) in [6.07, 6.45) is 3.75. The van der Waals surface area contributed by atoms with Crippen LogP contribution in [-0.4, -0.2) is 84.7 Å². The molecular formula is C21H29FN4O3. The summed E-state index contributed by atoms with van der Waals surface area (Å²) in [6.45, 7) is 4.78. The van der Waals surface area contributed by atoms with E-state index >= 15 is 0 Å². The zero-order valence-electron chi connectivity index (χ0n) is 16.7. The highest BCUT2D eigenvalue weighted by atomic mass is 19.1. The summed E-state index contributed by atoms with van der Waals surface area (Å²) >= 11 is 0. The van der Waals surface area contributed by atoms with Gasteiger partial charge in [0.25, 0.3) is 0 Å². The van der Waals surface area contributed by atoms with E-state index in [0.29, 0.717) is 37.9 Å². The number of rotatable bonds is 3. The van der Waals surface area contributed by atoms with Crippen LogP contribution in [0.4, 0.5) is 14.9 Å². The molecule has 1 N–H and O–H groups in total. The van der Waals surface area contributed by atoms with Crippen molar-refractivity contribution in [2.75, 3.05) is 51.3 Å². The van der Waals surface area contributed by atoms with Crippen LogP contribution in [-0.2, 0) is 9.53 Å². The van der Waals surface area contributed by atoms with E-state index < -0.39 is 0 Å². The lowest BCUT2D eigenvalue weighted by Gasteiger charge is -2.45. The second-order valence-corrected chi connectivity index (χ2v) is 8.00. The second-order valence-electron chi connectivity index (χ2n) is 8.00. The Kier molecular flexibility index (Phi) is 6.30. The molecule has 0 radical (unpaired) electrons. The zero-order chi connectivity index (χ0) is 20.2. The van der Waals surface area contributed by atoms with Crippen molar-refractivity contribution in [3.63, 3.8) is 0 Å². The van der Waals surface area contributed by atoms with E-state index in [0.717, 1.165) is 45.4 Å². The van der Waals surface area contributed by atoms with Gasteiger partial charge in [0.2, 0.25) is 5.91 Å². The van der Waals surface area contributed by atoms with Crippen LogP contribution in [0.25, 0.3) is 0 Å². The second kappa shape index (κ2) is 9.09. The molecule has 4 rings (SSSR count). The number of hydrogen-bond acceptors (Lipinski definition) is 4. The van der Waals surface area contributed by atoms with Crippen LogP contribution >= 0.6 is 0 Å². The Morgan fingerprint density at radius 1 is 1.07 bits per heavy atom. The van der Waals surface area contributed by atoms with Crippen molar-refractivity contribution in [3.8, 4) is 0 Å². The summed E-state index contributed by atoms with van der Waals surface area (Å²) in [5, 5.41) is 2.75. The highest BCUT2D eigenvalue weighted by molar-refractivity contribution is 5.89. The maximum absolute atomic E-state index is 13.3. The maximum atomic E-state index is 13.3. The largest absolute Gasteiger partial charge is 0.381 e. The monoisotopic (exact) mass is 404 g/mol. The molecule has 7 nitrogen and oxygen atoms in total. The molecule has 29 heavy (non-hydrogen) atoms. The van der Waals surface area contributed by atoms with E-state index in [1.54, 1.807) is 17.0 Å². The van der Waals surface area contributed by atoms with Gasteiger partial charge in [-0.15, -0.1) is 0 Å². The molecule has 3 aliphatic rings. The first-order valence-electron chi connectivity index (χ1n) is 10.6. The van der Waals surface area contributed by atoms with Gasteiger partial charge in [0, 0.05) is 57.7 Å². The van der Waals surface area contributed by atoms with Crippen molar-refractivity contribution in [1.82, 2.24) is 14.7 Å². The number of nitrogens with zero attached hydrogens (tertiary/aromatic N) is 3. The number of amides is 3. The van der Waals surface area contributed by atoms with Gasteiger partial charge in [0.15, 0.2) is 0 Å². The first kappa shape index (κ1) is 20.1.